The maximum atomic E-state index is 5.90. The molecule has 10 rings (SSSR count). The van der Waals surface area contributed by atoms with E-state index in [9.17, 15) is 0 Å². The summed E-state index contributed by atoms with van der Waals surface area (Å²) in [4.78, 5) is 0. The number of furan rings is 2. The minimum atomic E-state index is -0.826. The average molecular weight is 955 g/mol. The minimum absolute atomic E-state index is 0.178. The van der Waals surface area contributed by atoms with E-state index in [0.29, 0.717) is 0 Å². The Kier molecular flexibility index (Phi) is 14.7. The number of rotatable bonds is 4. The molecule has 0 saturated heterocycles. The van der Waals surface area contributed by atoms with E-state index in [1.807, 2.05) is 26.0 Å². The fraction of sp³-hybridized carbons (Fsp3) is 0.321. The van der Waals surface area contributed by atoms with Crippen molar-refractivity contribution in [1.29, 1.82) is 0 Å². The Morgan fingerprint density at radius 1 is 0.532 bits per heavy atom. The van der Waals surface area contributed by atoms with Gasteiger partial charge in [-0.05, 0) is 121 Å². The van der Waals surface area contributed by atoms with Gasteiger partial charge in [-0.15, -0.1) is 57.9 Å². The summed E-state index contributed by atoms with van der Waals surface area (Å²) in [7, 11) is 11.0. The Morgan fingerprint density at radius 3 is 1.19 bits per heavy atom. The molecule has 0 spiro atoms. The zero-order valence-electron chi connectivity index (χ0n) is 38.2. The van der Waals surface area contributed by atoms with E-state index in [1.165, 1.54) is 116 Å². The molecule has 6 aromatic carbocycles. The predicted octanol–water partition coefficient (Wildman–Crippen LogP) is 17.3. The molecule has 0 amide bonds. The molecule has 6 heteroatoms. The number of benzene rings is 4. The summed E-state index contributed by atoms with van der Waals surface area (Å²) in [6.45, 7) is 21.9. The van der Waals surface area contributed by atoms with Crippen LogP contribution in [-0.2, 0) is 57.4 Å². The van der Waals surface area contributed by atoms with E-state index in [2.05, 4.69) is 152 Å². The van der Waals surface area contributed by atoms with Crippen LogP contribution in [0.25, 0.3) is 66.4 Å². The van der Waals surface area contributed by atoms with Crippen molar-refractivity contribution in [2.24, 2.45) is 0 Å². The fourth-order valence-corrected chi connectivity index (χ4v) is 9.24. The number of hydrogen-bond donors (Lipinski definition) is 0. The van der Waals surface area contributed by atoms with Gasteiger partial charge in [0.25, 0.3) is 0 Å². The van der Waals surface area contributed by atoms with Crippen molar-refractivity contribution >= 4 is 48.1 Å². The summed E-state index contributed by atoms with van der Waals surface area (Å²) < 4.78 is 11.8. The molecule has 0 fully saturated rings. The molecule has 2 radical (unpaired) electrons. The first-order valence-electron chi connectivity index (χ1n) is 22.0. The van der Waals surface area contributed by atoms with Crippen LogP contribution < -0.4 is 0 Å². The third kappa shape index (κ3) is 10.2. The standard InChI is InChI=1S/2C27H27O.C2H6Si.2ClH.Zr/c2*1-17-8-13-25(28-17)21-15-20-14-19-6-5-7-23(19)26(24(20)16-21)18-9-11-22(12-10-18)27(2,3)4;1-3-2;;;/h2*8-16H,5-7H2,1-4H3;1-2H3;2*1H;/q2*-1;;;;+4/p-2. The van der Waals surface area contributed by atoms with Crippen molar-refractivity contribution in [1.82, 2.24) is 0 Å². The molecule has 62 heavy (non-hydrogen) atoms. The molecular formula is C56H60Cl2O2SiZr. The topological polar surface area (TPSA) is 26.3 Å². The van der Waals surface area contributed by atoms with Gasteiger partial charge in [-0.3, -0.25) is 0 Å². The van der Waals surface area contributed by atoms with Gasteiger partial charge in [-0.2, -0.15) is 0 Å². The van der Waals surface area contributed by atoms with Crippen LogP contribution in [0.2, 0.25) is 13.1 Å². The van der Waals surface area contributed by atoms with Crippen molar-refractivity contribution in [3.8, 4) is 44.9 Å². The second kappa shape index (κ2) is 19.6. The van der Waals surface area contributed by atoms with E-state index in [4.69, 9.17) is 25.9 Å². The van der Waals surface area contributed by atoms with Crippen molar-refractivity contribution < 1.29 is 29.7 Å². The zero-order valence-corrected chi connectivity index (χ0v) is 43.2. The fourth-order valence-electron chi connectivity index (χ4n) is 9.24. The summed E-state index contributed by atoms with van der Waals surface area (Å²) in [5, 5.41) is 5.38. The Bertz CT molecular complexity index is 2570. The first-order valence-corrected chi connectivity index (χ1v) is 30.4. The first kappa shape index (κ1) is 46.3. The monoisotopic (exact) mass is 952 g/mol. The van der Waals surface area contributed by atoms with Crippen molar-refractivity contribution in [3.05, 3.63) is 154 Å². The van der Waals surface area contributed by atoms with Crippen LogP contribution in [0, 0.1) is 13.8 Å². The second-order valence-corrected chi connectivity index (χ2v) is 23.8. The summed E-state index contributed by atoms with van der Waals surface area (Å²) in [6.07, 6.45) is 7.28. The van der Waals surface area contributed by atoms with Crippen LogP contribution in [0.5, 0.6) is 0 Å². The summed E-state index contributed by atoms with van der Waals surface area (Å²) in [6, 6.07) is 40.7. The molecule has 2 aliphatic carbocycles. The van der Waals surface area contributed by atoms with E-state index in [0.717, 1.165) is 32.6 Å². The van der Waals surface area contributed by atoms with Crippen LogP contribution in [0.4, 0.5) is 0 Å². The average Bonchev–Trinajstić information content (AvgIpc) is 4.09. The van der Waals surface area contributed by atoms with Crippen molar-refractivity contribution in [2.45, 2.75) is 118 Å². The van der Waals surface area contributed by atoms with Gasteiger partial charge in [0, 0.05) is 9.52 Å². The van der Waals surface area contributed by atoms with Gasteiger partial charge in [0.05, 0.1) is 23.0 Å². The van der Waals surface area contributed by atoms with Crippen LogP contribution in [0.1, 0.15) is 99.3 Å². The number of hydrogen-bond acceptors (Lipinski definition) is 2. The molecule has 0 aliphatic heterocycles. The van der Waals surface area contributed by atoms with E-state index >= 15 is 0 Å². The summed E-state index contributed by atoms with van der Waals surface area (Å²) in [5.74, 6) is 3.84. The van der Waals surface area contributed by atoms with E-state index in [1.54, 1.807) is 11.1 Å². The molecule has 0 unspecified atom stereocenters. The molecule has 2 aromatic heterocycles. The molecule has 0 atom stereocenters. The van der Waals surface area contributed by atoms with E-state index in [-0.39, 0.29) is 10.8 Å². The van der Waals surface area contributed by atoms with Gasteiger partial charge < -0.3 is 8.83 Å². The molecular weight excluding hydrogens is 895 g/mol. The zero-order chi connectivity index (χ0) is 44.3. The number of fused-ring (bicyclic) bond motifs is 4. The predicted molar refractivity (Wildman–Crippen MR) is 265 cm³/mol. The Balaban J connectivity index is 0.000000166. The molecule has 0 N–H and O–H groups in total. The molecule has 0 bridgehead atoms. The van der Waals surface area contributed by atoms with Gasteiger partial charge in [0.1, 0.15) is 0 Å². The second-order valence-electron chi connectivity index (χ2n) is 19.0. The van der Waals surface area contributed by atoms with Gasteiger partial charge in [0.2, 0.25) is 0 Å². The maximum absolute atomic E-state index is 5.90. The van der Waals surface area contributed by atoms with Crippen LogP contribution >= 0.6 is 17.0 Å². The first-order chi connectivity index (χ1) is 29.6. The molecule has 2 nitrogen and oxygen atoms in total. The Labute approximate surface area is 391 Å². The Hall–Kier alpha value is -3.66. The Morgan fingerprint density at radius 2 is 0.887 bits per heavy atom. The quantitative estimate of drug-likeness (QED) is 0.130. The van der Waals surface area contributed by atoms with Gasteiger partial charge >= 0.3 is 37.9 Å². The van der Waals surface area contributed by atoms with Crippen LogP contribution in [0.15, 0.2) is 118 Å². The van der Waals surface area contributed by atoms with Crippen LogP contribution in [-0.4, -0.2) is 9.52 Å². The van der Waals surface area contributed by atoms with Crippen molar-refractivity contribution in [2.75, 3.05) is 0 Å². The normalized spacial score (nSPS) is 13.1. The number of halogens is 2. The summed E-state index contributed by atoms with van der Waals surface area (Å²) >= 11 is -0.826. The molecule has 8 aromatic rings. The van der Waals surface area contributed by atoms with Gasteiger partial charge in [0.15, 0.2) is 0 Å². The van der Waals surface area contributed by atoms with Crippen LogP contribution in [0.3, 0.4) is 0 Å². The third-order valence-corrected chi connectivity index (χ3v) is 12.3. The van der Waals surface area contributed by atoms with Gasteiger partial charge in [-0.1, -0.05) is 137 Å². The van der Waals surface area contributed by atoms with Gasteiger partial charge in [-0.25, -0.2) is 0 Å². The summed E-state index contributed by atoms with van der Waals surface area (Å²) in [5.41, 5.74) is 17.2. The molecule has 2 heterocycles. The third-order valence-electron chi connectivity index (χ3n) is 12.3. The number of aryl methyl sites for hydroxylation is 4. The molecule has 0 saturated carbocycles. The van der Waals surface area contributed by atoms with E-state index < -0.39 is 20.8 Å². The SMILES string of the molecule is C[Si]C.Cc1ccc(-c2cc3c(-c4ccc(C(C)(C)C)cc4)c4c(cc3[cH-]2)CCC4)o1.Cc1ccc(-c2cc3c(-c4ccc(C(C)(C)C)cc4)c4c(cc3[cH-]2)CCC4)o1.[Cl][Zr+2][Cl]. The molecule has 318 valence electrons. The van der Waals surface area contributed by atoms with Crippen molar-refractivity contribution in [3.63, 3.8) is 0 Å². The molecule has 2 aliphatic rings.